The van der Waals surface area contributed by atoms with Crippen molar-refractivity contribution in [3.8, 4) is 5.75 Å². The lowest BCUT2D eigenvalue weighted by Crippen LogP contribution is -2.47. The van der Waals surface area contributed by atoms with Crippen LogP contribution in [-0.4, -0.2) is 47.1 Å². The number of aliphatic hydroxyl groups is 1. The Morgan fingerprint density at radius 1 is 1.00 bits per heavy atom. The van der Waals surface area contributed by atoms with Crippen molar-refractivity contribution in [2.45, 2.75) is 57.8 Å². The van der Waals surface area contributed by atoms with E-state index in [1.807, 2.05) is 36.4 Å². The number of methoxy groups -OCH3 is 1. The Kier molecular flexibility index (Phi) is 9.08. The molecule has 0 bridgehead atoms. The first-order valence-corrected chi connectivity index (χ1v) is 10.6. The number of carbonyl (C=O) groups is 2. The molecule has 0 heterocycles. The van der Waals surface area contributed by atoms with Crippen molar-refractivity contribution < 1.29 is 29.3 Å². The van der Waals surface area contributed by atoms with E-state index in [-0.39, 0.29) is 12.8 Å². The van der Waals surface area contributed by atoms with Crippen LogP contribution in [0.3, 0.4) is 0 Å². The highest BCUT2D eigenvalue weighted by Crippen LogP contribution is 2.21. The van der Waals surface area contributed by atoms with E-state index in [1.165, 1.54) is 0 Å². The summed E-state index contributed by atoms with van der Waals surface area (Å²) in [4.78, 5) is 24.3. The number of benzene rings is 2. The number of nitrogens with one attached hydrogen (secondary N) is 1. The monoisotopic (exact) mass is 443 g/mol. The molecule has 32 heavy (non-hydrogen) atoms. The van der Waals surface area contributed by atoms with Crippen LogP contribution in [0.15, 0.2) is 54.6 Å². The molecule has 2 aromatic carbocycles. The molecule has 1 amide bonds. The largest absolute Gasteiger partial charge is 0.497 e. The Bertz CT molecular complexity index is 878. The van der Waals surface area contributed by atoms with Crippen LogP contribution >= 0.6 is 0 Å². The average molecular weight is 444 g/mol. The van der Waals surface area contributed by atoms with Gasteiger partial charge in [-0.3, -0.25) is 4.79 Å². The van der Waals surface area contributed by atoms with Crippen LogP contribution in [-0.2, 0) is 22.4 Å². The molecule has 7 nitrogen and oxygen atoms in total. The Morgan fingerprint density at radius 2 is 1.66 bits per heavy atom. The van der Waals surface area contributed by atoms with Crippen molar-refractivity contribution in [3.63, 3.8) is 0 Å². The summed E-state index contributed by atoms with van der Waals surface area (Å²) in [6.45, 7) is 5.26. The molecule has 0 aliphatic carbocycles. The third-order valence-electron chi connectivity index (χ3n) is 4.96. The van der Waals surface area contributed by atoms with Gasteiger partial charge in [-0.05, 0) is 63.3 Å². The highest BCUT2D eigenvalue weighted by molar-refractivity contribution is 5.71. The van der Waals surface area contributed by atoms with E-state index in [0.29, 0.717) is 12.2 Å². The molecule has 0 radical (unpaired) electrons. The minimum Gasteiger partial charge on any atom is -0.497 e. The normalized spacial score (nSPS) is 14.2. The van der Waals surface area contributed by atoms with Crippen LogP contribution in [0.1, 0.15) is 38.3 Å². The Hall–Kier alpha value is -3.06. The van der Waals surface area contributed by atoms with Crippen molar-refractivity contribution in [3.05, 3.63) is 65.7 Å². The fourth-order valence-electron chi connectivity index (χ4n) is 3.42. The maximum Gasteiger partial charge on any atom is 0.407 e. The van der Waals surface area contributed by atoms with Crippen LogP contribution in [0, 0.1) is 5.92 Å². The van der Waals surface area contributed by atoms with Gasteiger partial charge in [-0.15, -0.1) is 0 Å². The first kappa shape index (κ1) is 25.2. The highest BCUT2D eigenvalue weighted by Gasteiger charge is 2.30. The van der Waals surface area contributed by atoms with Gasteiger partial charge in [0.1, 0.15) is 11.4 Å². The number of aliphatic carboxylic acids is 1. The fourth-order valence-corrected chi connectivity index (χ4v) is 3.42. The molecule has 0 spiro atoms. The third-order valence-corrected chi connectivity index (χ3v) is 4.96. The number of hydrogen-bond donors (Lipinski definition) is 3. The predicted molar refractivity (Wildman–Crippen MR) is 122 cm³/mol. The summed E-state index contributed by atoms with van der Waals surface area (Å²) in [7, 11) is 1.55. The van der Waals surface area contributed by atoms with E-state index >= 15 is 0 Å². The number of alkyl carbamates (subject to hydrolysis) is 1. The van der Waals surface area contributed by atoms with Crippen molar-refractivity contribution >= 4 is 12.1 Å². The summed E-state index contributed by atoms with van der Waals surface area (Å²) in [5, 5.41) is 23.4. The molecule has 0 saturated heterocycles. The SMILES string of the molecule is COc1cccc(CC(CC(O)C(Cc2ccccc2)NC(=O)OC(C)(C)C)C(=O)O)c1. The lowest BCUT2D eigenvalue weighted by molar-refractivity contribution is -0.143. The fraction of sp³-hybridized carbons (Fsp3) is 0.440. The van der Waals surface area contributed by atoms with Crippen LogP contribution in [0.4, 0.5) is 4.79 Å². The number of hydrogen-bond acceptors (Lipinski definition) is 5. The van der Waals surface area contributed by atoms with Crippen molar-refractivity contribution in [1.29, 1.82) is 0 Å². The van der Waals surface area contributed by atoms with Gasteiger partial charge in [0.05, 0.1) is 25.2 Å². The Morgan fingerprint density at radius 3 is 2.25 bits per heavy atom. The highest BCUT2D eigenvalue weighted by atomic mass is 16.6. The third kappa shape index (κ3) is 8.59. The number of rotatable bonds is 10. The zero-order valence-corrected chi connectivity index (χ0v) is 19.1. The van der Waals surface area contributed by atoms with Crippen LogP contribution in [0.25, 0.3) is 0 Å². The number of ether oxygens (including phenoxy) is 2. The number of carbonyl (C=O) groups excluding carboxylic acids is 1. The van der Waals surface area contributed by atoms with E-state index in [0.717, 1.165) is 11.1 Å². The summed E-state index contributed by atoms with van der Waals surface area (Å²) in [6, 6.07) is 15.9. The van der Waals surface area contributed by atoms with Crippen molar-refractivity contribution in [2.75, 3.05) is 7.11 Å². The van der Waals surface area contributed by atoms with Gasteiger partial charge >= 0.3 is 12.1 Å². The van der Waals surface area contributed by atoms with Crippen molar-refractivity contribution in [1.82, 2.24) is 5.32 Å². The molecule has 0 aliphatic heterocycles. The summed E-state index contributed by atoms with van der Waals surface area (Å²) in [5.74, 6) is -1.21. The second kappa shape index (κ2) is 11.5. The minimum atomic E-state index is -1.09. The first-order valence-electron chi connectivity index (χ1n) is 10.6. The summed E-state index contributed by atoms with van der Waals surface area (Å²) in [5.41, 5.74) is 1.01. The van der Waals surface area contributed by atoms with E-state index < -0.39 is 35.7 Å². The zero-order valence-electron chi connectivity index (χ0n) is 19.1. The van der Waals surface area contributed by atoms with Gasteiger partial charge in [-0.1, -0.05) is 42.5 Å². The molecule has 3 unspecified atom stereocenters. The molecule has 0 fully saturated rings. The lowest BCUT2D eigenvalue weighted by Gasteiger charge is -2.28. The summed E-state index contributed by atoms with van der Waals surface area (Å²) >= 11 is 0. The van der Waals surface area contributed by atoms with Gasteiger partial charge in [0.25, 0.3) is 0 Å². The van der Waals surface area contributed by atoms with Gasteiger partial charge in [0.15, 0.2) is 0 Å². The summed E-state index contributed by atoms with van der Waals surface area (Å²) in [6.07, 6.45) is -1.20. The summed E-state index contributed by atoms with van der Waals surface area (Å²) < 4.78 is 10.5. The van der Waals surface area contributed by atoms with Gasteiger partial charge in [0.2, 0.25) is 0 Å². The molecule has 3 atom stereocenters. The van der Waals surface area contributed by atoms with E-state index in [9.17, 15) is 19.8 Å². The second-order valence-electron chi connectivity index (χ2n) is 8.84. The molecule has 2 rings (SSSR count). The van der Waals surface area contributed by atoms with Crippen LogP contribution in [0.5, 0.6) is 5.75 Å². The Labute approximate surface area is 189 Å². The topological polar surface area (TPSA) is 105 Å². The van der Waals surface area contributed by atoms with Gasteiger partial charge in [-0.2, -0.15) is 0 Å². The van der Waals surface area contributed by atoms with E-state index in [1.54, 1.807) is 46.1 Å². The minimum absolute atomic E-state index is 0.0279. The molecule has 2 aromatic rings. The molecule has 0 saturated carbocycles. The molecule has 0 aromatic heterocycles. The second-order valence-corrected chi connectivity index (χ2v) is 8.84. The van der Waals surface area contributed by atoms with Crippen molar-refractivity contribution in [2.24, 2.45) is 5.92 Å². The number of amides is 1. The quantitative estimate of drug-likeness (QED) is 0.516. The lowest BCUT2D eigenvalue weighted by atomic mass is 9.89. The number of carboxylic acids is 1. The zero-order chi connectivity index (χ0) is 23.7. The average Bonchev–Trinajstić information content (AvgIpc) is 2.72. The molecular formula is C25H33NO6. The Balaban J connectivity index is 2.16. The number of aliphatic hydroxyl groups excluding tert-OH is 1. The molecule has 3 N–H and O–H groups in total. The number of carboxylic acid groups (broad SMARTS) is 1. The standard InChI is InChI=1S/C25H33NO6/c1-25(2,3)32-24(30)26-21(15-17-9-6-5-7-10-17)22(27)16-19(23(28)29)13-18-11-8-12-20(14-18)31-4/h5-12,14,19,21-22,27H,13,15-16H2,1-4H3,(H,26,30)(H,28,29). The van der Waals surface area contributed by atoms with E-state index in [2.05, 4.69) is 5.32 Å². The van der Waals surface area contributed by atoms with Gasteiger partial charge in [-0.25, -0.2) is 4.79 Å². The van der Waals surface area contributed by atoms with Gasteiger partial charge in [0, 0.05) is 0 Å². The maximum atomic E-state index is 12.4. The molecule has 0 aliphatic rings. The molecule has 174 valence electrons. The van der Waals surface area contributed by atoms with Crippen LogP contribution in [0.2, 0.25) is 0 Å². The van der Waals surface area contributed by atoms with E-state index in [4.69, 9.17) is 9.47 Å². The van der Waals surface area contributed by atoms with Crippen LogP contribution < -0.4 is 10.1 Å². The molecule has 7 heteroatoms. The smallest absolute Gasteiger partial charge is 0.407 e. The maximum absolute atomic E-state index is 12.4. The first-order chi connectivity index (χ1) is 15.1. The predicted octanol–water partition coefficient (Wildman–Crippen LogP) is 3.83. The molecular weight excluding hydrogens is 410 g/mol. The van der Waals surface area contributed by atoms with Gasteiger partial charge < -0.3 is 25.0 Å².